The van der Waals surface area contributed by atoms with Crippen LogP contribution in [-0.4, -0.2) is 16.5 Å². The summed E-state index contributed by atoms with van der Waals surface area (Å²) < 4.78 is 13.4. The van der Waals surface area contributed by atoms with E-state index in [1.165, 1.54) is 0 Å². The van der Waals surface area contributed by atoms with Crippen LogP contribution >= 0.6 is 0 Å². The molecule has 9 heavy (non-hydrogen) atoms. The fourth-order valence-corrected chi connectivity index (χ4v) is 1.46. The van der Waals surface area contributed by atoms with Gasteiger partial charge in [0.05, 0.1) is 11.0 Å². The standard InChI is InChI=1S/C6H15NOS/c1-4-5-6(2)7-9(3)8/h6-7H,4-5H2,1-3H3. The summed E-state index contributed by atoms with van der Waals surface area (Å²) in [6, 6.07) is 0.390. The van der Waals surface area contributed by atoms with E-state index in [-0.39, 0.29) is 0 Å². The van der Waals surface area contributed by atoms with Crippen molar-refractivity contribution in [1.29, 1.82) is 0 Å². The highest BCUT2D eigenvalue weighted by atomic mass is 32.2. The molecule has 1 N–H and O–H groups in total. The van der Waals surface area contributed by atoms with E-state index >= 15 is 0 Å². The summed E-state index contributed by atoms with van der Waals surface area (Å²) >= 11 is 0. The average Bonchev–Trinajstić information content (AvgIpc) is 1.63. The van der Waals surface area contributed by atoms with Crippen molar-refractivity contribution in [2.24, 2.45) is 0 Å². The molecular formula is C6H15NOS. The maximum absolute atomic E-state index is 10.5. The Morgan fingerprint density at radius 1 is 1.67 bits per heavy atom. The van der Waals surface area contributed by atoms with Crippen molar-refractivity contribution in [3.8, 4) is 0 Å². The highest BCUT2D eigenvalue weighted by molar-refractivity contribution is 7.82. The van der Waals surface area contributed by atoms with E-state index in [0.29, 0.717) is 6.04 Å². The SMILES string of the molecule is CCCC(C)NS(C)=O. The first-order valence-corrected chi connectivity index (χ1v) is 4.82. The molecule has 0 spiro atoms. The molecule has 0 saturated heterocycles. The first kappa shape index (κ1) is 9.11. The zero-order chi connectivity index (χ0) is 7.28. The van der Waals surface area contributed by atoms with E-state index in [1.807, 2.05) is 6.92 Å². The molecule has 0 bridgehead atoms. The molecule has 0 aromatic rings. The van der Waals surface area contributed by atoms with Crippen molar-refractivity contribution < 1.29 is 4.21 Å². The van der Waals surface area contributed by atoms with Gasteiger partial charge < -0.3 is 0 Å². The van der Waals surface area contributed by atoms with Gasteiger partial charge in [0, 0.05) is 12.3 Å². The molecule has 0 saturated carbocycles. The summed E-state index contributed by atoms with van der Waals surface area (Å²) in [5.41, 5.74) is 0. The number of hydrogen-bond acceptors (Lipinski definition) is 1. The summed E-state index contributed by atoms with van der Waals surface area (Å²) in [7, 11) is -0.847. The van der Waals surface area contributed by atoms with Gasteiger partial charge in [-0.2, -0.15) is 0 Å². The van der Waals surface area contributed by atoms with Crippen LogP contribution in [0.3, 0.4) is 0 Å². The van der Waals surface area contributed by atoms with Crippen LogP contribution in [0.15, 0.2) is 0 Å². The molecule has 0 aromatic carbocycles. The minimum absolute atomic E-state index is 0.390. The van der Waals surface area contributed by atoms with E-state index in [2.05, 4.69) is 11.6 Å². The summed E-state index contributed by atoms with van der Waals surface area (Å²) in [4.78, 5) is 0. The summed E-state index contributed by atoms with van der Waals surface area (Å²) in [6.07, 6.45) is 3.90. The predicted molar refractivity (Wildman–Crippen MR) is 41.6 cm³/mol. The van der Waals surface area contributed by atoms with Gasteiger partial charge in [0.1, 0.15) is 0 Å². The van der Waals surface area contributed by atoms with Crippen molar-refractivity contribution in [2.45, 2.75) is 32.7 Å². The summed E-state index contributed by atoms with van der Waals surface area (Å²) in [6.45, 7) is 4.17. The molecule has 2 nitrogen and oxygen atoms in total. The molecule has 56 valence electrons. The number of nitrogens with one attached hydrogen (secondary N) is 1. The maximum atomic E-state index is 10.5. The Morgan fingerprint density at radius 3 is 2.56 bits per heavy atom. The van der Waals surface area contributed by atoms with Crippen LogP contribution in [0.25, 0.3) is 0 Å². The quantitative estimate of drug-likeness (QED) is 0.636. The topological polar surface area (TPSA) is 29.1 Å². The highest BCUT2D eigenvalue weighted by Gasteiger charge is 1.98. The van der Waals surface area contributed by atoms with E-state index in [1.54, 1.807) is 6.26 Å². The van der Waals surface area contributed by atoms with Gasteiger partial charge in [0.2, 0.25) is 0 Å². The zero-order valence-electron chi connectivity index (χ0n) is 6.31. The molecule has 2 unspecified atom stereocenters. The van der Waals surface area contributed by atoms with Crippen LogP contribution in [0, 0.1) is 0 Å². The van der Waals surface area contributed by atoms with Gasteiger partial charge in [-0.25, -0.2) is 8.93 Å². The van der Waals surface area contributed by atoms with E-state index in [0.717, 1.165) is 12.8 Å². The first-order valence-electron chi connectivity index (χ1n) is 3.26. The second-order valence-electron chi connectivity index (χ2n) is 2.26. The van der Waals surface area contributed by atoms with Crippen LogP contribution in [0.1, 0.15) is 26.7 Å². The fraction of sp³-hybridized carbons (Fsp3) is 1.00. The van der Waals surface area contributed by atoms with Crippen LogP contribution in [0.5, 0.6) is 0 Å². The van der Waals surface area contributed by atoms with Gasteiger partial charge in [-0.05, 0) is 13.3 Å². The Balaban J connectivity index is 3.26. The van der Waals surface area contributed by atoms with Crippen molar-refractivity contribution in [3.05, 3.63) is 0 Å². The highest BCUT2D eigenvalue weighted by Crippen LogP contribution is 1.93. The fourth-order valence-electron chi connectivity index (χ4n) is 0.775. The predicted octanol–water partition coefficient (Wildman–Crippen LogP) is 1.06. The normalized spacial score (nSPS) is 17.2. The summed E-state index contributed by atoms with van der Waals surface area (Å²) in [5.74, 6) is 0. The number of rotatable bonds is 4. The lowest BCUT2D eigenvalue weighted by molar-refractivity contribution is 0.596. The lowest BCUT2D eigenvalue weighted by Gasteiger charge is -2.08. The Kier molecular flexibility index (Phi) is 5.00. The molecule has 0 aliphatic rings. The molecule has 0 amide bonds. The lowest BCUT2D eigenvalue weighted by Crippen LogP contribution is -2.26. The molecule has 0 heterocycles. The Labute approximate surface area is 59.6 Å². The van der Waals surface area contributed by atoms with E-state index < -0.39 is 11.0 Å². The Hall–Kier alpha value is 0.110. The Bertz CT molecular complexity index is 95.1. The average molecular weight is 149 g/mol. The van der Waals surface area contributed by atoms with Crippen LogP contribution in [0.2, 0.25) is 0 Å². The second-order valence-corrected chi connectivity index (χ2v) is 3.41. The van der Waals surface area contributed by atoms with Crippen LogP contribution < -0.4 is 4.72 Å². The van der Waals surface area contributed by atoms with Crippen molar-refractivity contribution >= 4 is 11.0 Å². The zero-order valence-corrected chi connectivity index (χ0v) is 7.12. The third-order valence-electron chi connectivity index (χ3n) is 1.09. The second kappa shape index (κ2) is 4.94. The van der Waals surface area contributed by atoms with Gasteiger partial charge in [-0.15, -0.1) is 0 Å². The minimum atomic E-state index is -0.847. The largest absolute Gasteiger partial charge is 0.243 e. The molecule has 3 heteroatoms. The van der Waals surface area contributed by atoms with Gasteiger partial charge in [0.15, 0.2) is 0 Å². The first-order chi connectivity index (χ1) is 4.16. The van der Waals surface area contributed by atoms with Gasteiger partial charge in [-0.3, -0.25) is 0 Å². The van der Waals surface area contributed by atoms with Gasteiger partial charge in [-0.1, -0.05) is 13.3 Å². The van der Waals surface area contributed by atoms with E-state index in [4.69, 9.17) is 0 Å². The van der Waals surface area contributed by atoms with Crippen molar-refractivity contribution in [2.75, 3.05) is 6.26 Å². The van der Waals surface area contributed by atoms with Gasteiger partial charge in [0.25, 0.3) is 0 Å². The molecule has 0 radical (unpaired) electrons. The van der Waals surface area contributed by atoms with Crippen molar-refractivity contribution in [3.63, 3.8) is 0 Å². The van der Waals surface area contributed by atoms with E-state index in [9.17, 15) is 4.21 Å². The molecule has 0 aliphatic heterocycles. The van der Waals surface area contributed by atoms with Crippen molar-refractivity contribution in [1.82, 2.24) is 4.72 Å². The molecule has 0 aliphatic carbocycles. The van der Waals surface area contributed by atoms with Crippen LogP contribution in [-0.2, 0) is 11.0 Å². The molecular weight excluding hydrogens is 134 g/mol. The third-order valence-corrected chi connectivity index (χ3v) is 1.82. The number of hydrogen-bond donors (Lipinski definition) is 1. The molecule has 2 atom stereocenters. The molecule has 0 rings (SSSR count). The maximum Gasteiger partial charge on any atom is 0.0886 e. The van der Waals surface area contributed by atoms with Crippen LogP contribution in [0.4, 0.5) is 0 Å². The molecule has 0 aromatic heterocycles. The monoisotopic (exact) mass is 149 g/mol. The Morgan fingerprint density at radius 2 is 2.22 bits per heavy atom. The third kappa shape index (κ3) is 5.99. The summed E-state index contributed by atoms with van der Waals surface area (Å²) in [5, 5.41) is 0. The smallest absolute Gasteiger partial charge is 0.0886 e. The molecule has 0 fully saturated rings. The minimum Gasteiger partial charge on any atom is -0.243 e. The van der Waals surface area contributed by atoms with Gasteiger partial charge >= 0.3 is 0 Å². The lowest BCUT2D eigenvalue weighted by atomic mass is 10.2.